The highest BCUT2D eigenvalue weighted by Gasteiger charge is 2.42. The highest BCUT2D eigenvalue weighted by atomic mass is 35.5. The van der Waals surface area contributed by atoms with E-state index < -0.39 is 5.54 Å². The average Bonchev–Trinajstić information content (AvgIpc) is 3.24. The first kappa shape index (κ1) is 22.7. The summed E-state index contributed by atoms with van der Waals surface area (Å²) in [4.78, 5) is 14.4. The maximum absolute atomic E-state index is 13.2. The smallest absolute Gasteiger partial charge is 0.248 e. The lowest BCUT2D eigenvalue weighted by atomic mass is 9.87. The van der Waals surface area contributed by atoms with Crippen molar-refractivity contribution in [1.29, 1.82) is 0 Å². The molecular formula is C20H29ClN4O2S. The first-order valence-corrected chi connectivity index (χ1v) is 10.4. The van der Waals surface area contributed by atoms with E-state index in [9.17, 15) is 4.79 Å². The van der Waals surface area contributed by atoms with Gasteiger partial charge in [0.2, 0.25) is 5.91 Å². The van der Waals surface area contributed by atoms with E-state index >= 15 is 0 Å². The molecule has 6 nitrogen and oxygen atoms in total. The van der Waals surface area contributed by atoms with Gasteiger partial charge in [0.05, 0.1) is 12.6 Å². The van der Waals surface area contributed by atoms with Gasteiger partial charge in [-0.1, -0.05) is 12.1 Å². The zero-order valence-corrected chi connectivity index (χ0v) is 18.0. The van der Waals surface area contributed by atoms with E-state index in [0.29, 0.717) is 0 Å². The van der Waals surface area contributed by atoms with E-state index in [1.165, 1.54) is 4.90 Å². The molecule has 3 rings (SSSR count). The van der Waals surface area contributed by atoms with Crippen LogP contribution in [0.1, 0.15) is 31.4 Å². The molecule has 0 aliphatic carbocycles. The number of rotatable bonds is 8. The van der Waals surface area contributed by atoms with E-state index in [0.717, 1.165) is 43.9 Å². The summed E-state index contributed by atoms with van der Waals surface area (Å²) in [5.41, 5.74) is 0.489. The summed E-state index contributed by atoms with van der Waals surface area (Å²) in [6.07, 6.45) is 5.10. The summed E-state index contributed by atoms with van der Waals surface area (Å²) in [5.74, 6) is 0.974. The predicted molar refractivity (Wildman–Crippen MR) is 115 cm³/mol. The monoisotopic (exact) mass is 424 g/mol. The molecule has 1 unspecified atom stereocenters. The predicted octanol–water partition coefficient (Wildman–Crippen LogP) is 3.00. The molecule has 2 aromatic rings. The molecule has 1 aliphatic rings. The second kappa shape index (κ2) is 10.9. The van der Waals surface area contributed by atoms with Crippen LogP contribution in [0.4, 0.5) is 0 Å². The van der Waals surface area contributed by atoms with Crippen molar-refractivity contribution in [3.63, 3.8) is 0 Å². The number of thioether (sulfide) groups is 1. The van der Waals surface area contributed by atoms with E-state index in [-0.39, 0.29) is 24.4 Å². The van der Waals surface area contributed by atoms with Crippen LogP contribution in [0.2, 0.25) is 0 Å². The van der Waals surface area contributed by atoms with Crippen molar-refractivity contribution in [2.75, 3.05) is 32.6 Å². The number of methoxy groups -OCH3 is 1. The van der Waals surface area contributed by atoms with Gasteiger partial charge in [0.1, 0.15) is 5.54 Å². The molecule has 1 fully saturated rings. The molecule has 0 saturated carbocycles. The summed E-state index contributed by atoms with van der Waals surface area (Å²) >= 11 is 1.77. The fourth-order valence-electron chi connectivity index (χ4n) is 3.43. The zero-order valence-electron chi connectivity index (χ0n) is 16.4. The molecule has 1 saturated heterocycles. The van der Waals surface area contributed by atoms with Crippen LogP contribution >= 0.6 is 24.2 Å². The number of carbonyl (C=O) groups is 1. The number of piperidine rings is 1. The lowest BCUT2D eigenvalue weighted by molar-refractivity contribution is -0.132. The number of amides is 1. The third-order valence-corrected chi connectivity index (χ3v) is 6.06. The molecule has 2 N–H and O–H groups in total. The van der Waals surface area contributed by atoms with Crippen molar-refractivity contribution in [2.24, 2.45) is 0 Å². The van der Waals surface area contributed by atoms with Crippen LogP contribution in [0.3, 0.4) is 0 Å². The normalized spacial score (nSPS) is 16.8. The van der Waals surface area contributed by atoms with Gasteiger partial charge in [-0.15, -0.1) is 24.2 Å². The number of aromatic nitrogens is 2. The minimum atomic E-state index is -0.612. The zero-order chi connectivity index (χ0) is 19.1. The fourth-order valence-corrected chi connectivity index (χ4v) is 4.25. The first-order valence-electron chi connectivity index (χ1n) is 9.39. The molecule has 1 aromatic heterocycles. The number of nitrogens with one attached hydrogen (secondary N) is 2. The van der Waals surface area contributed by atoms with Gasteiger partial charge in [-0.25, -0.2) is 0 Å². The minimum absolute atomic E-state index is 0. The van der Waals surface area contributed by atoms with Crippen LogP contribution in [0.25, 0.3) is 0 Å². The Kier molecular flexibility index (Phi) is 8.82. The molecule has 2 heterocycles. The van der Waals surface area contributed by atoms with E-state index in [2.05, 4.69) is 40.0 Å². The van der Waals surface area contributed by atoms with Crippen LogP contribution in [-0.2, 0) is 15.1 Å². The minimum Gasteiger partial charge on any atom is -0.384 e. The van der Waals surface area contributed by atoms with Crippen molar-refractivity contribution in [3.8, 4) is 0 Å². The molecule has 0 spiro atoms. The third kappa shape index (κ3) is 5.29. The van der Waals surface area contributed by atoms with Crippen molar-refractivity contribution < 1.29 is 9.53 Å². The Bertz CT molecular complexity index is 718. The van der Waals surface area contributed by atoms with Crippen molar-refractivity contribution in [1.82, 2.24) is 20.4 Å². The van der Waals surface area contributed by atoms with E-state index in [1.807, 2.05) is 23.9 Å². The average molecular weight is 425 g/mol. The number of hydrogen-bond donors (Lipinski definition) is 2. The van der Waals surface area contributed by atoms with Gasteiger partial charge in [-0.2, -0.15) is 5.10 Å². The maximum atomic E-state index is 13.2. The third-order valence-electron chi connectivity index (χ3n) is 5.08. The Morgan fingerprint density at radius 2 is 2.07 bits per heavy atom. The molecule has 154 valence electrons. The van der Waals surface area contributed by atoms with Crippen molar-refractivity contribution >= 4 is 30.1 Å². The SMILES string of the molecule is COCCSc1ccc(C(C)NC(=O)C2(n3cccn3)CCNCC2)cc1.Cl. The fraction of sp³-hybridized carbons (Fsp3) is 0.500. The molecule has 8 heteroatoms. The van der Waals surface area contributed by atoms with Gasteiger partial charge in [0, 0.05) is 30.2 Å². The number of carbonyl (C=O) groups excluding carboxylic acids is 1. The molecular weight excluding hydrogens is 396 g/mol. The molecule has 0 bridgehead atoms. The lowest BCUT2D eigenvalue weighted by Gasteiger charge is -2.37. The van der Waals surface area contributed by atoms with Gasteiger partial charge in [0.15, 0.2) is 0 Å². The summed E-state index contributed by atoms with van der Waals surface area (Å²) in [6, 6.07) is 10.2. The van der Waals surface area contributed by atoms with Crippen LogP contribution < -0.4 is 10.6 Å². The highest BCUT2D eigenvalue weighted by Crippen LogP contribution is 2.29. The molecule has 1 atom stereocenters. The van der Waals surface area contributed by atoms with E-state index in [4.69, 9.17) is 4.74 Å². The molecule has 1 aliphatic heterocycles. The number of halogens is 1. The highest BCUT2D eigenvalue weighted by molar-refractivity contribution is 7.99. The Morgan fingerprint density at radius 3 is 2.68 bits per heavy atom. The Balaban J connectivity index is 0.00000280. The van der Waals surface area contributed by atoms with Crippen LogP contribution in [0, 0.1) is 0 Å². The quantitative estimate of drug-likeness (QED) is 0.503. The van der Waals surface area contributed by atoms with Gasteiger partial charge < -0.3 is 15.4 Å². The number of hydrogen-bond acceptors (Lipinski definition) is 5. The molecule has 1 amide bonds. The number of ether oxygens (including phenoxy) is 1. The van der Waals surface area contributed by atoms with Gasteiger partial charge >= 0.3 is 0 Å². The maximum Gasteiger partial charge on any atom is 0.248 e. The Hall–Kier alpha value is -1.54. The number of nitrogens with zero attached hydrogens (tertiary/aromatic N) is 2. The topological polar surface area (TPSA) is 68.2 Å². The molecule has 1 aromatic carbocycles. The lowest BCUT2D eigenvalue weighted by Crippen LogP contribution is -2.55. The summed E-state index contributed by atoms with van der Waals surface area (Å²) in [5, 5.41) is 10.9. The van der Waals surface area contributed by atoms with Gasteiger partial charge in [-0.05, 0) is 56.6 Å². The standard InChI is InChI=1S/C20H28N4O2S.ClH/c1-16(17-4-6-18(7-5-17)27-15-14-26-2)23-19(25)20(8-11-21-12-9-20)24-13-3-10-22-24;/h3-7,10,13,16,21H,8-9,11-12,14-15H2,1-2H3,(H,23,25);1H. The molecule has 28 heavy (non-hydrogen) atoms. The largest absolute Gasteiger partial charge is 0.384 e. The van der Waals surface area contributed by atoms with Crippen LogP contribution in [0.5, 0.6) is 0 Å². The number of benzene rings is 1. The summed E-state index contributed by atoms with van der Waals surface area (Å²) < 4.78 is 6.91. The second-order valence-electron chi connectivity index (χ2n) is 6.84. The Morgan fingerprint density at radius 1 is 1.36 bits per heavy atom. The van der Waals surface area contributed by atoms with Crippen molar-refractivity contribution in [2.45, 2.75) is 36.2 Å². The second-order valence-corrected chi connectivity index (χ2v) is 8.01. The first-order chi connectivity index (χ1) is 13.2. The van der Waals surface area contributed by atoms with Crippen LogP contribution in [-0.4, -0.2) is 48.2 Å². The summed E-state index contributed by atoms with van der Waals surface area (Å²) in [6.45, 7) is 4.40. The van der Waals surface area contributed by atoms with Gasteiger partial charge in [0.25, 0.3) is 0 Å². The Labute approximate surface area is 177 Å². The van der Waals surface area contributed by atoms with Crippen molar-refractivity contribution in [3.05, 3.63) is 48.3 Å². The van der Waals surface area contributed by atoms with Crippen LogP contribution in [0.15, 0.2) is 47.6 Å². The molecule has 0 radical (unpaired) electrons. The summed E-state index contributed by atoms with van der Waals surface area (Å²) in [7, 11) is 1.71. The van der Waals surface area contributed by atoms with E-state index in [1.54, 1.807) is 25.1 Å². The van der Waals surface area contributed by atoms with Gasteiger partial charge in [-0.3, -0.25) is 9.48 Å².